The lowest BCUT2D eigenvalue weighted by Gasteiger charge is -2.42. The number of guanidine groups is 1. The van der Waals surface area contributed by atoms with Crippen molar-refractivity contribution in [1.29, 1.82) is 0 Å². The molecule has 3 unspecified atom stereocenters. The van der Waals surface area contributed by atoms with Crippen LogP contribution in [0.5, 0.6) is 11.5 Å². The Bertz CT molecular complexity index is 1390. The van der Waals surface area contributed by atoms with Crippen LogP contribution in [0.1, 0.15) is 118 Å². The van der Waals surface area contributed by atoms with Crippen LogP contribution in [-0.2, 0) is 11.2 Å². The van der Waals surface area contributed by atoms with Gasteiger partial charge in [0.1, 0.15) is 17.1 Å². The van der Waals surface area contributed by atoms with Gasteiger partial charge >= 0.3 is 0 Å². The first-order chi connectivity index (χ1) is 19.7. The third kappa shape index (κ3) is 5.41. The number of rotatable bonds is 1. The van der Waals surface area contributed by atoms with Crippen molar-refractivity contribution in [2.45, 2.75) is 108 Å². The number of benzene rings is 2. The number of hydrogen-bond acceptors (Lipinski definition) is 6. The second-order valence-electron chi connectivity index (χ2n) is 12.8. The first-order valence-electron chi connectivity index (χ1n) is 15.2. The summed E-state index contributed by atoms with van der Waals surface area (Å²) in [4.78, 5) is 34.0. The van der Waals surface area contributed by atoms with Crippen molar-refractivity contribution < 1.29 is 19.1 Å². The van der Waals surface area contributed by atoms with Crippen molar-refractivity contribution in [2.75, 3.05) is 6.61 Å². The predicted octanol–water partition coefficient (Wildman–Crippen LogP) is 5.74. The Morgan fingerprint density at radius 1 is 1.05 bits per heavy atom. The molecule has 2 amide bonds. The molecule has 3 atom stereocenters. The Balaban J connectivity index is 1.39. The van der Waals surface area contributed by atoms with Gasteiger partial charge in [-0.3, -0.25) is 14.5 Å². The van der Waals surface area contributed by atoms with Gasteiger partial charge in [0.2, 0.25) is 5.91 Å². The normalized spacial score (nSPS) is 27.7. The minimum absolute atomic E-state index is 0.00330. The maximum atomic E-state index is 13.7. The molecule has 2 aromatic rings. The Hall–Kier alpha value is -3.55. The van der Waals surface area contributed by atoms with E-state index >= 15 is 0 Å². The zero-order valence-corrected chi connectivity index (χ0v) is 24.5. The van der Waals surface area contributed by atoms with E-state index < -0.39 is 11.1 Å². The first kappa shape index (κ1) is 27.6. The summed E-state index contributed by atoms with van der Waals surface area (Å²) < 4.78 is 12.3. The Labute approximate surface area is 242 Å². The summed E-state index contributed by atoms with van der Waals surface area (Å²) in [5, 5.41) is 3.28. The zero-order chi connectivity index (χ0) is 28.8. The minimum atomic E-state index is -0.453. The molecule has 8 bridgehead atoms. The quantitative estimate of drug-likeness (QED) is 0.464. The lowest BCUT2D eigenvalue weighted by atomic mass is 9.84. The second-order valence-corrected chi connectivity index (χ2v) is 12.8. The molecule has 7 aliphatic rings. The highest BCUT2D eigenvalue weighted by molar-refractivity contribution is 6.00. The van der Waals surface area contributed by atoms with Crippen LogP contribution in [0.15, 0.2) is 41.4 Å². The van der Waals surface area contributed by atoms with E-state index in [2.05, 4.69) is 44.3 Å². The van der Waals surface area contributed by atoms with Crippen molar-refractivity contribution in [1.82, 2.24) is 10.2 Å². The third-order valence-electron chi connectivity index (χ3n) is 9.30. The van der Waals surface area contributed by atoms with Crippen molar-refractivity contribution in [3.63, 3.8) is 0 Å². The zero-order valence-electron chi connectivity index (χ0n) is 24.5. The summed E-state index contributed by atoms with van der Waals surface area (Å²) in [6.45, 7) is 6.70. The Morgan fingerprint density at radius 3 is 2.68 bits per heavy atom. The lowest BCUT2D eigenvalue weighted by molar-refractivity contribution is -0.132. The van der Waals surface area contributed by atoms with Crippen LogP contribution in [-0.4, -0.2) is 40.4 Å². The number of nitrogens with one attached hydrogen (secondary N) is 1. The van der Waals surface area contributed by atoms with Gasteiger partial charge in [-0.05, 0) is 69.4 Å². The standard InChI is InChI=1S/C33H42N4O4/c1-4-33-15-8-6-5-7-9-21-10-12-23-25(19-32(2,3)41-28(23)17-21)35-30(39)22-11-13-27-24(18-22)26(14-16-40-27)37(29(38)20-33)31(34)36-33/h10-13,17-18,25-26H,4-9,14-16,19-20H2,1-3H3,(H2,34,36)(H,35,39). The molecule has 7 heterocycles. The van der Waals surface area contributed by atoms with E-state index in [0.717, 1.165) is 61.8 Å². The van der Waals surface area contributed by atoms with Gasteiger partial charge in [0, 0.05) is 29.5 Å². The van der Waals surface area contributed by atoms with Gasteiger partial charge in [0.05, 0.1) is 30.7 Å². The average molecular weight is 559 g/mol. The van der Waals surface area contributed by atoms with Gasteiger partial charge in [0.15, 0.2) is 5.96 Å². The molecule has 2 aromatic carbocycles. The Kier molecular flexibility index (Phi) is 7.20. The highest BCUT2D eigenvalue weighted by Crippen LogP contribution is 2.42. The fourth-order valence-corrected chi connectivity index (χ4v) is 7.03. The van der Waals surface area contributed by atoms with Crippen LogP contribution < -0.4 is 20.5 Å². The number of amides is 2. The van der Waals surface area contributed by atoms with E-state index in [9.17, 15) is 9.59 Å². The van der Waals surface area contributed by atoms with Crippen LogP contribution >= 0.6 is 0 Å². The molecule has 0 saturated carbocycles. The van der Waals surface area contributed by atoms with E-state index in [1.165, 1.54) is 5.56 Å². The number of aryl methyl sites for hydroxylation is 1. The summed E-state index contributed by atoms with van der Waals surface area (Å²) in [5.41, 5.74) is 9.28. The van der Waals surface area contributed by atoms with Gasteiger partial charge in [-0.15, -0.1) is 0 Å². The average Bonchev–Trinajstić information content (AvgIpc) is 2.93. The topological polar surface area (TPSA) is 106 Å². The van der Waals surface area contributed by atoms with Crippen molar-refractivity contribution in [2.24, 2.45) is 10.7 Å². The summed E-state index contributed by atoms with van der Waals surface area (Å²) in [6, 6.07) is 11.4. The van der Waals surface area contributed by atoms with E-state index in [4.69, 9.17) is 20.2 Å². The third-order valence-corrected chi connectivity index (χ3v) is 9.30. The van der Waals surface area contributed by atoms with Gasteiger partial charge < -0.3 is 20.5 Å². The fourth-order valence-electron chi connectivity index (χ4n) is 7.03. The monoisotopic (exact) mass is 558 g/mol. The number of hydrogen-bond donors (Lipinski definition) is 2. The largest absolute Gasteiger partial charge is 0.493 e. The van der Waals surface area contributed by atoms with Gasteiger partial charge in [-0.1, -0.05) is 38.3 Å². The maximum Gasteiger partial charge on any atom is 0.251 e. The predicted molar refractivity (Wildman–Crippen MR) is 158 cm³/mol. The molecule has 218 valence electrons. The molecule has 0 aromatic heterocycles. The number of carbonyl (C=O) groups is 2. The summed E-state index contributed by atoms with van der Waals surface area (Å²) in [5.74, 6) is 1.64. The molecule has 0 fully saturated rings. The molecular weight excluding hydrogens is 516 g/mol. The molecular formula is C33H42N4O4. The molecule has 41 heavy (non-hydrogen) atoms. The number of nitrogens with zero attached hydrogens (tertiary/aromatic N) is 2. The van der Waals surface area contributed by atoms with Gasteiger partial charge in [-0.2, -0.15) is 0 Å². The van der Waals surface area contributed by atoms with Crippen LogP contribution in [0.4, 0.5) is 0 Å². The second kappa shape index (κ2) is 10.7. The van der Waals surface area contributed by atoms with Crippen molar-refractivity contribution >= 4 is 17.8 Å². The fraction of sp³-hybridized carbons (Fsp3) is 0.545. The summed E-state index contributed by atoms with van der Waals surface area (Å²) in [7, 11) is 0. The SMILES string of the molecule is CCC12CCCCCCc3ccc4c(c3)OC(C)(C)CC4NC(=O)c3ccc4c(c3)C(CCO4)N(C(=O)C1)C(N)=N2. The summed E-state index contributed by atoms with van der Waals surface area (Å²) >= 11 is 0. The maximum absolute atomic E-state index is 13.7. The highest BCUT2D eigenvalue weighted by Gasteiger charge is 2.42. The molecule has 0 spiro atoms. The van der Waals surface area contributed by atoms with E-state index in [1.54, 1.807) is 11.0 Å². The van der Waals surface area contributed by atoms with Gasteiger partial charge in [-0.25, -0.2) is 4.99 Å². The molecule has 9 rings (SSSR count). The number of nitrogens with two attached hydrogens (primary N) is 1. The van der Waals surface area contributed by atoms with E-state index in [1.807, 2.05) is 12.1 Å². The lowest BCUT2D eigenvalue weighted by Crippen LogP contribution is -2.53. The minimum Gasteiger partial charge on any atom is -0.493 e. The molecule has 0 radical (unpaired) electrons. The molecule has 7 aliphatic heterocycles. The van der Waals surface area contributed by atoms with E-state index in [-0.39, 0.29) is 29.9 Å². The number of aliphatic imine (C=N–C) groups is 1. The van der Waals surface area contributed by atoms with Crippen LogP contribution in [0.3, 0.4) is 0 Å². The highest BCUT2D eigenvalue weighted by atomic mass is 16.5. The molecule has 8 heteroatoms. The smallest absolute Gasteiger partial charge is 0.251 e. The number of ether oxygens (including phenoxy) is 2. The molecule has 8 nitrogen and oxygen atoms in total. The van der Waals surface area contributed by atoms with Gasteiger partial charge in [0.25, 0.3) is 5.91 Å². The molecule has 3 N–H and O–H groups in total. The van der Waals surface area contributed by atoms with Crippen molar-refractivity contribution in [3.8, 4) is 11.5 Å². The van der Waals surface area contributed by atoms with Crippen LogP contribution in [0.2, 0.25) is 0 Å². The molecule has 0 saturated heterocycles. The van der Waals surface area contributed by atoms with Crippen LogP contribution in [0.25, 0.3) is 0 Å². The van der Waals surface area contributed by atoms with Crippen LogP contribution in [0, 0.1) is 0 Å². The molecule has 0 aliphatic carbocycles. The summed E-state index contributed by atoms with van der Waals surface area (Å²) in [6.07, 6.45) is 8.50. The Morgan fingerprint density at radius 2 is 1.88 bits per heavy atom. The number of carbonyl (C=O) groups excluding carboxylic acids is 2. The van der Waals surface area contributed by atoms with Crippen molar-refractivity contribution in [3.05, 3.63) is 58.7 Å². The first-order valence-corrected chi connectivity index (χ1v) is 15.2. The van der Waals surface area contributed by atoms with E-state index in [0.29, 0.717) is 37.2 Å².